The number of piperidine rings is 1. The largest absolute Gasteiger partial charge is 0.382 e. The molecule has 0 atom stereocenters. The average molecular weight is 363 g/mol. The highest BCUT2D eigenvalue weighted by Gasteiger charge is 2.29. The summed E-state index contributed by atoms with van der Waals surface area (Å²) in [5.74, 6) is 0.424. The Kier molecular flexibility index (Phi) is 6.97. The first-order chi connectivity index (χ1) is 10.9. The van der Waals surface area contributed by atoms with Gasteiger partial charge in [0, 0.05) is 31.0 Å². The van der Waals surface area contributed by atoms with Gasteiger partial charge in [0.2, 0.25) is 10.0 Å². The van der Waals surface area contributed by atoms with E-state index < -0.39 is 10.0 Å². The number of aryl methyl sites for hydroxylation is 2. The van der Waals surface area contributed by atoms with Crippen molar-refractivity contribution >= 4 is 21.4 Å². The van der Waals surface area contributed by atoms with Gasteiger partial charge in [-0.2, -0.15) is 0 Å². The summed E-state index contributed by atoms with van der Waals surface area (Å²) in [6.45, 7) is 6.38. The smallest absolute Gasteiger partial charge is 0.216 e. The van der Waals surface area contributed by atoms with Crippen LogP contribution in [-0.4, -0.2) is 63.5 Å². The first-order valence-corrected chi connectivity index (χ1v) is 10.3. The van der Waals surface area contributed by atoms with Crippen molar-refractivity contribution in [3.8, 4) is 0 Å². The molecule has 0 saturated carbocycles. The second-order valence-corrected chi connectivity index (χ2v) is 9.11. The first-order valence-electron chi connectivity index (χ1n) is 7.92. The van der Waals surface area contributed by atoms with E-state index in [1.165, 1.54) is 4.88 Å². The van der Waals surface area contributed by atoms with Gasteiger partial charge in [-0.3, -0.25) is 0 Å². The zero-order valence-electron chi connectivity index (χ0n) is 14.1. The first kappa shape index (κ1) is 18.8. The molecule has 23 heavy (non-hydrogen) atoms. The summed E-state index contributed by atoms with van der Waals surface area (Å²) in [5.41, 5.74) is 1.09. The minimum Gasteiger partial charge on any atom is -0.382 e. The number of hydrogen-bond acceptors (Lipinski definition) is 6. The van der Waals surface area contributed by atoms with E-state index in [2.05, 4.69) is 11.9 Å². The fourth-order valence-corrected chi connectivity index (χ4v) is 5.04. The molecule has 1 aliphatic heterocycles. The van der Waals surface area contributed by atoms with E-state index in [9.17, 15) is 8.42 Å². The summed E-state index contributed by atoms with van der Waals surface area (Å²) in [5, 5.41) is 1.15. The van der Waals surface area contributed by atoms with Crippen molar-refractivity contribution in [1.82, 2.24) is 9.29 Å². The molecule has 1 saturated heterocycles. The van der Waals surface area contributed by atoms with E-state index in [4.69, 9.17) is 9.47 Å². The van der Waals surface area contributed by atoms with Crippen LogP contribution in [0.1, 0.15) is 34.3 Å². The van der Waals surface area contributed by atoms with Crippen LogP contribution in [0.3, 0.4) is 0 Å². The highest BCUT2D eigenvalue weighted by atomic mass is 32.2. The summed E-state index contributed by atoms with van der Waals surface area (Å²) < 4.78 is 36.4. The van der Waals surface area contributed by atoms with Crippen LogP contribution >= 0.6 is 11.3 Å². The zero-order valence-corrected chi connectivity index (χ0v) is 15.7. The number of aromatic nitrogens is 1. The van der Waals surface area contributed by atoms with E-state index in [-0.39, 0.29) is 12.4 Å². The molecule has 0 bridgehead atoms. The van der Waals surface area contributed by atoms with Crippen molar-refractivity contribution in [3.05, 3.63) is 15.6 Å². The molecule has 1 aromatic heterocycles. The molecule has 2 heterocycles. The van der Waals surface area contributed by atoms with Gasteiger partial charge in [0.25, 0.3) is 0 Å². The molecule has 0 aliphatic carbocycles. The van der Waals surface area contributed by atoms with E-state index >= 15 is 0 Å². The molecule has 6 nitrogen and oxygen atoms in total. The van der Waals surface area contributed by atoms with Crippen LogP contribution in [0.2, 0.25) is 0 Å². The highest BCUT2D eigenvalue weighted by Crippen LogP contribution is 2.32. The van der Waals surface area contributed by atoms with Crippen molar-refractivity contribution in [2.24, 2.45) is 0 Å². The average Bonchev–Trinajstić information content (AvgIpc) is 2.87. The van der Waals surface area contributed by atoms with E-state index in [0.29, 0.717) is 32.2 Å². The minimum atomic E-state index is -3.23. The number of ether oxygens (including phenoxy) is 2. The Labute approximate surface area is 142 Å². The van der Waals surface area contributed by atoms with Gasteiger partial charge in [0.15, 0.2) is 0 Å². The molecule has 1 aromatic rings. The third kappa shape index (κ3) is 5.22. The molecule has 0 amide bonds. The Morgan fingerprint density at radius 3 is 2.48 bits per heavy atom. The number of nitrogens with zero attached hydrogens (tertiary/aromatic N) is 2. The lowest BCUT2D eigenvalue weighted by Gasteiger charge is -2.30. The van der Waals surface area contributed by atoms with Crippen molar-refractivity contribution in [3.63, 3.8) is 0 Å². The molecule has 0 radical (unpaired) electrons. The Bertz CT molecular complexity index is 573. The van der Waals surface area contributed by atoms with Crippen molar-refractivity contribution in [1.29, 1.82) is 0 Å². The maximum absolute atomic E-state index is 12.3. The molecule has 0 unspecified atom stereocenters. The second-order valence-electron chi connectivity index (χ2n) is 5.79. The second kappa shape index (κ2) is 8.53. The van der Waals surface area contributed by atoms with Crippen molar-refractivity contribution < 1.29 is 17.9 Å². The van der Waals surface area contributed by atoms with Crippen LogP contribution in [0.25, 0.3) is 0 Å². The van der Waals surface area contributed by atoms with Crippen LogP contribution in [0.5, 0.6) is 0 Å². The maximum atomic E-state index is 12.3. The lowest BCUT2D eigenvalue weighted by molar-refractivity contribution is 0.0781. The van der Waals surface area contributed by atoms with Gasteiger partial charge in [-0.05, 0) is 26.7 Å². The summed E-state index contributed by atoms with van der Waals surface area (Å²) in [4.78, 5) is 5.87. The standard InChI is InChI=1S/C15H26N2O4S2/c1-12-13(2)22-15(16-12)14-4-6-17(7-5-14)23(18,19)11-10-21-9-8-20-3/h14H,4-11H2,1-3H3. The molecule has 0 N–H and O–H groups in total. The molecule has 1 aliphatic rings. The lowest BCUT2D eigenvalue weighted by atomic mass is 9.99. The zero-order chi connectivity index (χ0) is 16.9. The van der Waals surface area contributed by atoms with Gasteiger partial charge in [0.1, 0.15) is 0 Å². The molecule has 0 spiro atoms. The molecule has 8 heteroatoms. The normalized spacial score (nSPS) is 17.7. The number of methoxy groups -OCH3 is 1. The van der Waals surface area contributed by atoms with Gasteiger partial charge >= 0.3 is 0 Å². The lowest BCUT2D eigenvalue weighted by Crippen LogP contribution is -2.40. The minimum absolute atomic E-state index is 0.0385. The molecule has 1 fully saturated rings. The van der Waals surface area contributed by atoms with Gasteiger partial charge in [0.05, 0.1) is 36.3 Å². The third-order valence-corrected chi connectivity index (χ3v) is 7.23. The number of hydrogen-bond donors (Lipinski definition) is 0. The molecular weight excluding hydrogens is 336 g/mol. The van der Waals surface area contributed by atoms with E-state index in [1.54, 1.807) is 22.8 Å². The van der Waals surface area contributed by atoms with Gasteiger partial charge in [-0.1, -0.05) is 0 Å². The monoisotopic (exact) mass is 362 g/mol. The molecule has 2 rings (SSSR count). The van der Waals surface area contributed by atoms with Crippen molar-refractivity contribution in [2.75, 3.05) is 45.8 Å². The number of rotatable bonds is 8. The molecule has 0 aromatic carbocycles. The SMILES string of the molecule is COCCOCCS(=O)(=O)N1CCC(c2nc(C)c(C)s2)CC1. The van der Waals surface area contributed by atoms with E-state index in [0.717, 1.165) is 23.5 Å². The van der Waals surface area contributed by atoms with E-state index in [1.807, 2.05) is 6.92 Å². The van der Waals surface area contributed by atoms with Crippen LogP contribution in [-0.2, 0) is 19.5 Å². The molecular formula is C15H26N2O4S2. The quantitative estimate of drug-likeness (QED) is 0.661. The van der Waals surface area contributed by atoms with Crippen LogP contribution in [0.4, 0.5) is 0 Å². The van der Waals surface area contributed by atoms with Gasteiger partial charge in [-0.15, -0.1) is 11.3 Å². The Morgan fingerprint density at radius 1 is 1.22 bits per heavy atom. The summed E-state index contributed by atoms with van der Waals surface area (Å²) >= 11 is 1.74. The summed E-state index contributed by atoms with van der Waals surface area (Å²) in [6.07, 6.45) is 1.69. The van der Waals surface area contributed by atoms with Crippen LogP contribution in [0, 0.1) is 13.8 Å². The fraction of sp³-hybridized carbons (Fsp3) is 0.800. The molecule has 132 valence electrons. The fourth-order valence-electron chi connectivity index (χ4n) is 2.59. The Morgan fingerprint density at radius 2 is 1.91 bits per heavy atom. The van der Waals surface area contributed by atoms with Crippen LogP contribution < -0.4 is 0 Å². The van der Waals surface area contributed by atoms with Gasteiger partial charge < -0.3 is 9.47 Å². The topological polar surface area (TPSA) is 68.7 Å². The number of thiazole rings is 1. The predicted octanol–water partition coefficient (Wildman–Crippen LogP) is 1.93. The number of sulfonamides is 1. The Balaban J connectivity index is 1.80. The van der Waals surface area contributed by atoms with Gasteiger partial charge in [-0.25, -0.2) is 17.7 Å². The highest BCUT2D eigenvalue weighted by molar-refractivity contribution is 7.89. The third-order valence-electron chi connectivity index (χ3n) is 4.16. The Hall–Kier alpha value is -0.540. The van der Waals surface area contributed by atoms with Crippen molar-refractivity contribution in [2.45, 2.75) is 32.6 Å². The summed E-state index contributed by atoms with van der Waals surface area (Å²) in [6, 6.07) is 0. The summed E-state index contributed by atoms with van der Waals surface area (Å²) in [7, 11) is -1.64. The maximum Gasteiger partial charge on any atom is 0.216 e. The van der Waals surface area contributed by atoms with Crippen LogP contribution in [0.15, 0.2) is 0 Å². The predicted molar refractivity (Wildman–Crippen MR) is 91.6 cm³/mol.